The molecule has 0 aliphatic heterocycles. The van der Waals surface area contributed by atoms with Crippen LogP contribution in [0.15, 0.2) is 76.2 Å². The summed E-state index contributed by atoms with van der Waals surface area (Å²) >= 11 is 0. The summed E-state index contributed by atoms with van der Waals surface area (Å²) in [5.41, 5.74) is 0.607. The van der Waals surface area contributed by atoms with Gasteiger partial charge in [-0.15, -0.1) is 6.42 Å². The molecule has 0 saturated carbocycles. The average molecular weight is 452 g/mol. The molecule has 3 rings (SSSR count). The van der Waals surface area contributed by atoms with Crippen LogP contribution in [0.1, 0.15) is 29.4 Å². The van der Waals surface area contributed by atoms with Crippen LogP contribution in [0.2, 0.25) is 0 Å². The summed E-state index contributed by atoms with van der Waals surface area (Å²) in [6, 6.07) is 17.0. The molecule has 3 aromatic rings. The summed E-state index contributed by atoms with van der Waals surface area (Å²) < 4.78 is 39.6. The third-order valence-electron chi connectivity index (χ3n) is 5.14. The first-order valence-electron chi connectivity index (χ1n) is 10.0. The van der Waals surface area contributed by atoms with Crippen molar-refractivity contribution in [1.29, 1.82) is 0 Å². The van der Waals surface area contributed by atoms with Gasteiger partial charge in [0.05, 0.1) is 24.2 Å². The standard InChI is InChI=1S/C25H25NO5S/c1-5-25(31-21(4)27,22-9-7-6-8-10-22)18-26(17-24-20(3)15-16-30-24)32(28,29)23-13-11-19(2)12-14-23/h1,6-16H,17-18H2,2-4H3. The minimum absolute atomic E-state index is 0.0768. The highest BCUT2D eigenvalue weighted by atomic mass is 32.2. The van der Waals surface area contributed by atoms with Gasteiger partial charge >= 0.3 is 5.97 Å². The smallest absolute Gasteiger partial charge is 0.304 e. The molecule has 166 valence electrons. The molecule has 0 N–H and O–H groups in total. The number of carbonyl (C=O) groups is 1. The maximum atomic E-state index is 13.7. The number of rotatable bonds is 8. The van der Waals surface area contributed by atoms with Crippen LogP contribution in [0.5, 0.6) is 0 Å². The number of hydrogen-bond donors (Lipinski definition) is 0. The van der Waals surface area contributed by atoms with Crippen molar-refractivity contribution >= 4 is 16.0 Å². The molecule has 1 heterocycles. The molecule has 0 spiro atoms. The minimum Gasteiger partial charge on any atom is -0.468 e. The van der Waals surface area contributed by atoms with Gasteiger partial charge in [0, 0.05) is 12.5 Å². The summed E-state index contributed by atoms with van der Waals surface area (Å²) in [6.07, 6.45) is 7.37. The molecule has 0 saturated heterocycles. The Hall–Kier alpha value is -3.34. The van der Waals surface area contributed by atoms with E-state index in [4.69, 9.17) is 15.6 Å². The number of hydrogen-bond acceptors (Lipinski definition) is 5. The van der Waals surface area contributed by atoms with Gasteiger partial charge in [-0.05, 0) is 37.6 Å². The molecule has 6 nitrogen and oxygen atoms in total. The summed E-state index contributed by atoms with van der Waals surface area (Å²) in [5, 5.41) is 0. The lowest BCUT2D eigenvalue weighted by Gasteiger charge is -2.33. The Morgan fingerprint density at radius 1 is 1.09 bits per heavy atom. The van der Waals surface area contributed by atoms with Crippen molar-refractivity contribution in [2.45, 2.75) is 37.8 Å². The molecule has 7 heteroatoms. The lowest BCUT2D eigenvalue weighted by Crippen LogP contribution is -2.45. The first kappa shape index (κ1) is 23.3. The fourth-order valence-corrected chi connectivity index (χ4v) is 4.77. The number of aryl methyl sites for hydroxylation is 2. The molecule has 0 aliphatic carbocycles. The maximum absolute atomic E-state index is 13.7. The zero-order valence-electron chi connectivity index (χ0n) is 18.2. The first-order valence-corrected chi connectivity index (χ1v) is 11.4. The lowest BCUT2D eigenvalue weighted by atomic mass is 9.94. The summed E-state index contributed by atoms with van der Waals surface area (Å²) in [4.78, 5) is 12.1. The monoisotopic (exact) mass is 451 g/mol. The van der Waals surface area contributed by atoms with Crippen LogP contribution in [0, 0.1) is 26.2 Å². The topological polar surface area (TPSA) is 76.8 Å². The first-order chi connectivity index (χ1) is 15.2. The third kappa shape index (κ3) is 4.93. The van der Waals surface area contributed by atoms with Gasteiger partial charge in [0.1, 0.15) is 5.76 Å². The molecule has 32 heavy (non-hydrogen) atoms. The average Bonchev–Trinajstić information content (AvgIpc) is 3.17. The number of benzene rings is 2. The van der Waals surface area contributed by atoms with Crippen molar-refractivity contribution in [3.63, 3.8) is 0 Å². The molecular weight excluding hydrogens is 426 g/mol. The van der Waals surface area contributed by atoms with Crippen molar-refractivity contribution in [3.05, 3.63) is 89.4 Å². The van der Waals surface area contributed by atoms with Gasteiger partial charge in [-0.2, -0.15) is 4.31 Å². The number of sulfonamides is 1. The number of nitrogens with zero attached hydrogens (tertiary/aromatic N) is 1. The van der Waals surface area contributed by atoms with E-state index in [1.54, 1.807) is 60.7 Å². The molecule has 1 unspecified atom stereocenters. The van der Waals surface area contributed by atoms with Crippen molar-refractivity contribution < 1.29 is 22.4 Å². The fourth-order valence-electron chi connectivity index (χ4n) is 3.35. The van der Waals surface area contributed by atoms with E-state index in [1.807, 2.05) is 13.8 Å². The van der Waals surface area contributed by atoms with Gasteiger partial charge in [0.25, 0.3) is 0 Å². The van der Waals surface area contributed by atoms with Gasteiger partial charge < -0.3 is 9.15 Å². The Kier molecular flexibility index (Phi) is 6.87. The molecule has 1 aromatic heterocycles. The molecule has 1 atom stereocenters. The van der Waals surface area contributed by atoms with E-state index < -0.39 is 21.6 Å². The van der Waals surface area contributed by atoms with E-state index >= 15 is 0 Å². The van der Waals surface area contributed by atoms with E-state index in [0.717, 1.165) is 11.1 Å². The van der Waals surface area contributed by atoms with Crippen molar-refractivity contribution in [2.24, 2.45) is 0 Å². The zero-order chi connectivity index (χ0) is 23.4. The predicted octanol–water partition coefficient (Wildman–Crippen LogP) is 4.18. The van der Waals surface area contributed by atoms with Crippen LogP contribution >= 0.6 is 0 Å². The number of terminal acetylenes is 1. The summed E-state index contributed by atoms with van der Waals surface area (Å²) in [5.74, 6) is 2.40. The zero-order valence-corrected chi connectivity index (χ0v) is 19.1. The van der Waals surface area contributed by atoms with Crippen LogP contribution in [0.4, 0.5) is 0 Å². The van der Waals surface area contributed by atoms with Crippen LogP contribution < -0.4 is 0 Å². The highest BCUT2D eigenvalue weighted by Gasteiger charge is 2.40. The van der Waals surface area contributed by atoms with Gasteiger partial charge in [0.15, 0.2) is 0 Å². The van der Waals surface area contributed by atoms with Crippen LogP contribution in [0.25, 0.3) is 0 Å². The number of ether oxygens (including phenoxy) is 1. The Balaban J connectivity index is 2.13. The second-order valence-corrected chi connectivity index (χ2v) is 9.48. The van der Waals surface area contributed by atoms with E-state index in [0.29, 0.717) is 11.3 Å². The normalized spacial score (nSPS) is 13.3. The molecule has 0 amide bonds. The van der Waals surface area contributed by atoms with Gasteiger partial charge in [-0.3, -0.25) is 4.79 Å². The second-order valence-electron chi connectivity index (χ2n) is 7.54. The van der Waals surface area contributed by atoms with Crippen molar-refractivity contribution in [1.82, 2.24) is 4.31 Å². The number of esters is 1. The second kappa shape index (κ2) is 9.43. The molecule has 2 aromatic carbocycles. The fraction of sp³-hybridized carbons (Fsp3) is 0.240. The lowest BCUT2D eigenvalue weighted by molar-refractivity contribution is -0.153. The van der Waals surface area contributed by atoms with Gasteiger partial charge in [-0.25, -0.2) is 8.42 Å². The van der Waals surface area contributed by atoms with Crippen molar-refractivity contribution in [2.75, 3.05) is 6.54 Å². The Morgan fingerprint density at radius 2 is 1.75 bits per heavy atom. The maximum Gasteiger partial charge on any atom is 0.304 e. The molecule has 0 fully saturated rings. The summed E-state index contributed by atoms with van der Waals surface area (Å²) in [7, 11) is -4.01. The predicted molar refractivity (Wildman–Crippen MR) is 121 cm³/mol. The Labute approximate surface area is 188 Å². The number of carbonyl (C=O) groups excluding carboxylic acids is 1. The van der Waals surface area contributed by atoms with E-state index in [1.165, 1.54) is 17.5 Å². The van der Waals surface area contributed by atoms with E-state index in [2.05, 4.69) is 5.92 Å². The van der Waals surface area contributed by atoms with E-state index in [-0.39, 0.29) is 18.0 Å². The van der Waals surface area contributed by atoms with Crippen LogP contribution in [0.3, 0.4) is 0 Å². The van der Waals surface area contributed by atoms with Crippen LogP contribution in [-0.2, 0) is 31.7 Å². The highest BCUT2D eigenvalue weighted by Crippen LogP contribution is 2.31. The molecule has 0 bridgehead atoms. The Bertz CT molecular complexity index is 1220. The Morgan fingerprint density at radius 3 is 2.28 bits per heavy atom. The third-order valence-corrected chi connectivity index (χ3v) is 6.94. The quantitative estimate of drug-likeness (QED) is 0.379. The number of furan rings is 1. The van der Waals surface area contributed by atoms with E-state index in [9.17, 15) is 13.2 Å². The largest absolute Gasteiger partial charge is 0.468 e. The molecule has 0 radical (unpaired) electrons. The van der Waals surface area contributed by atoms with Crippen LogP contribution in [-0.4, -0.2) is 25.2 Å². The van der Waals surface area contributed by atoms with Crippen molar-refractivity contribution in [3.8, 4) is 12.3 Å². The summed E-state index contributed by atoms with van der Waals surface area (Å²) in [6.45, 7) is 4.58. The molecular formula is C25H25NO5S. The molecule has 0 aliphatic rings. The highest BCUT2D eigenvalue weighted by molar-refractivity contribution is 7.89. The SMILES string of the molecule is C#CC(CN(Cc1occc1C)S(=O)(=O)c1ccc(C)cc1)(OC(C)=O)c1ccccc1. The van der Waals surface area contributed by atoms with Gasteiger partial charge in [-0.1, -0.05) is 53.9 Å². The minimum atomic E-state index is -4.01. The van der Waals surface area contributed by atoms with Gasteiger partial charge in [0.2, 0.25) is 15.6 Å².